The van der Waals surface area contributed by atoms with Crippen LogP contribution in [0.3, 0.4) is 0 Å². The van der Waals surface area contributed by atoms with Crippen molar-refractivity contribution in [3.8, 4) is 11.5 Å². The predicted molar refractivity (Wildman–Crippen MR) is 95.6 cm³/mol. The van der Waals surface area contributed by atoms with Crippen LogP contribution in [0.2, 0.25) is 5.02 Å². The molecule has 0 aliphatic heterocycles. The maximum Gasteiger partial charge on any atom is 0.169 e. The molecular weight excluding hydrogens is 326 g/mol. The van der Waals surface area contributed by atoms with Gasteiger partial charge in [0, 0.05) is 39.7 Å². The van der Waals surface area contributed by atoms with E-state index in [0.29, 0.717) is 16.3 Å². The van der Waals surface area contributed by atoms with Gasteiger partial charge < -0.3 is 14.5 Å². The number of carbonyl (C=O) groups excluding carboxylic acids is 1. The van der Waals surface area contributed by atoms with Crippen LogP contribution in [0.15, 0.2) is 36.5 Å². The van der Waals surface area contributed by atoms with Gasteiger partial charge in [0.1, 0.15) is 11.5 Å². The van der Waals surface area contributed by atoms with E-state index < -0.39 is 0 Å². The molecule has 0 spiro atoms. The van der Waals surface area contributed by atoms with Crippen molar-refractivity contribution in [2.24, 2.45) is 0 Å². The van der Waals surface area contributed by atoms with Gasteiger partial charge in [-0.25, -0.2) is 0 Å². The number of H-pyrrole nitrogens is 1. The van der Waals surface area contributed by atoms with Gasteiger partial charge in [-0.15, -0.1) is 0 Å². The van der Waals surface area contributed by atoms with Crippen molar-refractivity contribution in [3.63, 3.8) is 0 Å². The van der Waals surface area contributed by atoms with Crippen LogP contribution >= 0.6 is 11.6 Å². The SMILES string of the molecule is COc1cc(Cl)ccc1CC(=O)c1c[nH]c2c(C)c(OC)ccc12. The van der Waals surface area contributed by atoms with Crippen molar-refractivity contribution in [2.45, 2.75) is 13.3 Å². The van der Waals surface area contributed by atoms with E-state index in [9.17, 15) is 4.79 Å². The first-order valence-corrected chi connectivity index (χ1v) is 7.93. The van der Waals surface area contributed by atoms with E-state index in [1.54, 1.807) is 32.5 Å². The van der Waals surface area contributed by atoms with E-state index in [1.165, 1.54) is 0 Å². The number of halogens is 1. The number of hydrogen-bond acceptors (Lipinski definition) is 3. The molecule has 124 valence electrons. The summed E-state index contributed by atoms with van der Waals surface area (Å²) < 4.78 is 10.6. The summed E-state index contributed by atoms with van der Waals surface area (Å²) in [7, 11) is 3.21. The van der Waals surface area contributed by atoms with E-state index in [0.717, 1.165) is 27.8 Å². The summed E-state index contributed by atoms with van der Waals surface area (Å²) in [5, 5.41) is 1.48. The monoisotopic (exact) mass is 343 g/mol. The van der Waals surface area contributed by atoms with Gasteiger partial charge in [-0.1, -0.05) is 17.7 Å². The van der Waals surface area contributed by atoms with E-state index in [1.807, 2.05) is 25.1 Å². The maximum atomic E-state index is 12.8. The second-order valence-corrected chi connectivity index (χ2v) is 6.01. The fraction of sp³-hybridized carbons (Fsp3) is 0.211. The summed E-state index contributed by atoms with van der Waals surface area (Å²) >= 11 is 5.97. The van der Waals surface area contributed by atoms with E-state index in [-0.39, 0.29) is 12.2 Å². The number of aromatic nitrogens is 1. The third-order valence-electron chi connectivity index (χ3n) is 4.19. The minimum atomic E-state index is 0.0199. The Morgan fingerprint density at radius 3 is 2.58 bits per heavy atom. The minimum absolute atomic E-state index is 0.0199. The third-order valence-corrected chi connectivity index (χ3v) is 4.42. The Balaban J connectivity index is 1.97. The molecule has 1 heterocycles. The molecule has 0 aliphatic rings. The molecule has 1 N–H and O–H groups in total. The Morgan fingerprint density at radius 1 is 1.12 bits per heavy atom. The normalized spacial score (nSPS) is 10.8. The van der Waals surface area contributed by atoms with E-state index in [2.05, 4.69) is 4.98 Å². The molecule has 0 bridgehead atoms. The number of methoxy groups -OCH3 is 2. The van der Waals surface area contributed by atoms with Crippen LogP contribution in [0.4, 0.5) is 0 Å². The molecule has 0 saturated heterocycles. The van der Waals surface area contributed by atoms with Crippen LogP contribution in [0.1, 0.15) is 21.5 Å². The molecule has 24 heavy (non-hydrogen) atoms. The first-order valence-electron chi connectivity index (χ1n) is 7.55. The number of aromatic amines is 1. The van der Waals surface area contributed by atoms with Gasteiger partial charge in [0.15, 0.2) is 5.78 Å². The Kier molecular flexibility index (Phi) is 4.49. The fourth-order valence-electron chi connectivity index (χ4n) is 2.91. The number of nitrogens with one attached hydrogen (secondary N) is 1. The van der Waals surface area contributed by atoms with Gasteiger partial charge in [0.25, 0.3) is 0 Å². The highest BCUT2D eigenvalue weighted by molar-refractivity contribution is 6.30. The molecule has 4 nitrogen and oxygen atoms in total. The number of fused-ring (bicyclic) bond motifs is 1. The molecule has 0 radical (unpaired) electrons. The van der Waals surface area contributed by atoms with Crippen molar-refractivity contribution in [1.82, 2.24) is 4.98 Å². The number of aryl methyl sites for hydroxylation is 1. The maximum absolute atomic E-state index is 12.8. The molecule has 0 atom stereocenters. The zero-order valence-electron chi connectivity index (χ0n) is 13.8. The van der Waals surface area contributed by atoms with Crippen LogP contribution < -0.4 is 9.47 Å². The smallest absolute Gasteiger partial charge is 0.169 e. The van der Waals surface area contributed by atoms with Crippen molar-refractivity contribution in [2.75, 3.05) is 14.2 Å². The Hall–Kier alpha value is -2.46. The predicted octanol–water partition coefficient (Wildman–Crippen LogP) is 4.57. The molecule has 5 heteroatoms. The lowest BCUT2D eigenvalue weighted by Crippen LogP contribution is -2.04. The minimum Gasteiger partial charge on any atom is -0.496 e. The topological polar surface area (TPSA) is 51.3 Å². The van der Waals surface area contributed by atoms with Crippen LogP contribution in [-0.2, 0) is 6.42 Å². The highest BCUT2D eigenvalue weighted by Gasteiger charge is 2.17. The van der Waals surface area contributed by atoms with Crippen molar-refractivity contribution < 1.29 is 14.3 Å². The zero-order chi connectivity index (χ0) is 17.3. The molecule has 0 aliphatic carbocycles. The first kappa shape index (κ1) is 16.4. The lowest BCUT2D eigenvalue weighted by Gasteiger charge is -2.08. The van der Waals surface area contributed by atoms with Crippen LogP contribution in [0.25, 0.3) is 10.9 Å². The number of benzene rings is 2. The Bertz CT molecular complexity index is 914. The molecule has 0 saturated carbocycles. The third kappa shape index (κ3) is 2.85. The van der Waals surface area contributed by atoms with Gasteiger partial charge in [0.05, 0.1) is 19.7 Å². The summed E-state index contributed by atoms with van der Waals surface area (Å²) in [6.07, 6.45) is 2.00. The molecule has 3 aromatic rings. The number of ketones is 1. The van der Waals surface area contributed by atoms with Gasteiger partial charge in [-0.2, -0.15) is 0 Å². The standard InChI is InChI=1S/C19H18ClNO3/c1-11-17(23-2)7-6-14-15(10-21-19(11)14)16(22)8-12-4-5-13(20)9-18(12)24-3/h4-7,9-10,21H,8H2,1-3H3. The summed E-state index contributed by atoms with van der Waals surface area (Å²) in [6, 6.07) is 9.09. The fourth-order valence-corrected chi connectivity index (χ4v) is 3.07. The average Bonchev–Trinajstić information content (AvgIpc) is 3.01. The second kappa shape index (κ2) is 6.57. The van der Waals surface area contributed by atoms with Crippen molar-refractivity contribution >= 4 is 28.3 Å². The summed E-state index contributed by atoms with van der Waals surface area (Å²) in [5.74, 6) is 1.43. The molecule has 0 amide bonds. The molecule has 1 aromatic heterocycles. The molecule has 0 unspecified atom stereocenters. The van der Waals surface area contributed by atoms with Gasteiger partial charge in [-0.3, -0.25) is 4.79 Å². The molecular formula is C19H18ClNO3. The van der Waals surface area contributed by atoms with Crippen molar-refractivity contribution in [3.05, 3.63) is 58.2 Å². The van der Waals surface area contributed by atoms with E-state index >= 15 is 0 Å². The van der Waals surface area contributed by atoms with Crippen LogP contribution in [0.5, 0.6) is 11.5 Å². The van der Waals surface area contributed by atoms with Crippen LogP contribution in [0, 0.1) is 6.92 Å². The zero-order valence-corrected chi connectivity index (χ0v) is 14.5. The van der Waals surface area contributed by atoms with Gasteiger partial charge >= 0.3 is 0 Å². The second-order valence-electron chi connectivity index (χ2n) is 5.57. The van der Waals surface area contributed by atoms with Gasteiger partial charge in [0.2, 0.25) is 0 Å². The number of rotatable bonds is 5. The number of carbonyl (C=O) groups is 1. The van der Waals surface area contributed by atoms with Gasteiger partial charge in [-0.05, 0) is 31.2 Å². The summed E-state index contributed by atoms with van der Waals surface area (Å²) in [4.78, 5) is 16.0. The van der Waals surface area contributed by atoms with Crippen molar-refractivity contribution in [1.29, 1.82) is 0 Å². The number of ether oxygens (including phenoxy) is 2. The lowest BCUT2D eigenvalue weighted by atomic mass is 10.0. The molecule has 3 rings (SSSR count). The molecule has 0 fully saturated rings. The largest absolute Gasteiger partial charge is 0.496 e. The molecule has 2 aromatic carbocycles. The summed E-state index contributed by atoms with van der Waals surface area (Å²) in [6.45, 7) is 1.97. The highest BCUT2D eigenvalue weighted by atomic mass is 35.5. The Labute approximate surface area is 145 Å². The number of Topliss-reactive ketones (excluding diaryl/α,β-unsaturated/α-hetero) is 1. The summed E-state index contributed by atoms with van der Waals surface area (Å²) in [5.41, 5.74) is 3.37. The first-order chi connectivity index (χ1) is 11.5. The lowest BCUT2D eigenvalue weighted by molar-refractivity contribution is 0.0993. The quantitative estimate of drug-likeness (QED) is 0.690. The Morgan fingerprint density at radius 2 is 1.88 bits per heavy atom. The number of hydrogen-bond donors (Lipinski definition) is 1. The highest BCUT2D eigenvalue weighted by Crippen LogP contribution is 2.30. The van der Waals surface area contributed by atoms with Crippen LogP contribution in [-0.4, -0.2) is 25.0 Å². The van der Waals surface area contributed by atoms with E-state index in [4.69, 9.17) is 21.1 Å². The average molecular weight is 344 g/mol.